The summed E-state index contributed by atoms with van der Waals surface area (Å²) in [6.07, 6.45) is 2.55. The Morgan fingerprint density at radius 3 is 2.71 bits per heavy atom. The van der Waals surface area contributed by atoms with Crippen LogP contribution in [0.4, 0.5) is 0 Å². The summed E-state index contributed by atoms with van der Waals surface area (Å²) in [5.74, 6) is -0.526. The fourth-order valence-corrected chi connectivity index (χ4v) is 4.99. The van der Waals surface area contributed by atoms with Crippen molar-refractivity contribution in [2.45, 2.75) is 32.7 Å². The molecule has 0 unspecified atom stereocenters. The molecule has 0 bridgehead atoms. The van der Waals surface area contributed by atoms with Gasteiger partial charge in [-0.05, 0) is 49.1 Å². The summed E-state index contributed by atoms with van der Waals surface area (Å²) in [4.78, 5) is 36.6. The number of amides is 1. The second-order valence-electron chi connectivity index (χ2n) is 7.76. The van der Waals surface area contributed by atoms with E-state index in [1.807, 2.05) is 47.6 Å². The van der Waals surface area contributed by atoms with Gasteiger partial charge in [-0.25, -0.2) is 9.79 Å². The molecule has 3 heterocycles. The highest BCUT2D eigenvalue weighted by Crippen LogP contribution is 2.44. The number of rotatable bonds is 8. The third-order valence-electron chi connectivity index (χ3n) is 5.45. The third kappa shape index (κ3) is 5.34. The second-order valence-corrected chi connectivity index (χ2v) is 9.04. The standard InChI is InChI=1S/C25H25ClN4O3S/c1-3-33-24(32)22-16(2)29-25-30(23(22)17-7-9-18(26)10-8-17)20(15-34-25)14-21(31)28-13-11-19-6-4-5-12-27-19/h4-10,12,15,23H,3,11,13-14H2,1-2H3,(H,28,31)/t23-/m1/s1. The van der Waals surface area contributed by atoms with E-state index in [0.717, 1.165) is 22.1 Å². The fraction of sp³-hybridized carbons (Fsp3) is 0.280. The minimum atomic E-state index is -0.466. The Balaban J connectivity index is 1.54. The van der Waals surface area contributed by atoms with Crippen LogP contribution in [0.3, 0.4) is 0 Å². The first-order valence-corrected chi connectivity index (χ1v) is 12.3. The SMILES string of the molecule is CCOC(=O)C1=C(C)N=C2SC=C(CC(=O)NCCc3ccccn3)N2[C@@H]1c1ccc(Cl)cc1. The van der Waals surface area contributed by atoms with Gasteiger partial charge in [0.2, 0.25) is 5.91 Å². The summed E-state index contributed by atoms with van der Waals surface area (Å²) < 4.78 is 5.36. The van der Waals surface area contributed by atoms with E-state index in [0.29, 0.717) is 29.3 Å². The van der Waals surface area contributed by atoms with Crippen LogP contribution in [0.15, 0.2) is 76.0 Å². The summed E-state index contributed by atoms with van der Waals surface area (Å²) in [5.41, 5.74) is 3.62. The lowest BCUT2D eigenvalue weighted by molar-refractivity contribution is -0.139. The van der Waals surface area contributed by atoms with Crippen LogP contribution in [-0.4, -0.2) is 40.1 Å². The van der Waals surface area contributed by atoms with Crippen LogP contribution in [0.5, 0.6) is 0 Å². The number of aliphatic imine (C=N–C) groups is 1. The molecule has 0 radical (unpaired) electrons. The van der Waals surface area contributed by atoms with Crippen molar-refractivity contribution in [2.24, 2.45) is 4.99 Å². The number of halogens is 1. The van der Waals surface area contributed by atoms with Gasteiger partial charge in [-0.3, -0.25) is 9.78 Å². The molecule has 2 aliphatic heterocycles. The Hall–Kier alpha value is -3.10. The molecule has 0 spiro atoms. The number of nitrogens with one attached hydrogen (secondary N) is 1. The maximum atomic E-state index is 12.9. The van der Waals surface area contributed by atoms with Crippen LogP contribution >= 0.6 is 23.4 Å². The lowest BCUT2D eigenvalue weighted by atomic mass is 9.94. The zero-order chi connectivity index (χ0) is 24.1. The number of carbonyl (C=O) groups is 2. The summed E-state index contributed by atoms with van der Waals surface area (Å²) >= 11 is 7.56. The van der Waals surface area contributed by atoms with Crippen LogP contribution in [0.2, 0.25) is 5.02 Å². The number of aromatic nitrogens is 1. The van der Waals surface area contributed by atoms with Gasteiger partial charge >= 0.3 is 5.97 Å². The number of fused-ring (bicyclic) bond motifs is 1. The number of amidine groups is 1. The maximum absolute atomic E-state index is 12.9. The number of esters is 1. The molecule has 1 aromatic carbocycles. The molecule has 0 saturated carbocycles. The van der Waals surface area contributed by atoms with Crippen LogP contribution < -0.4 is 5.32 Å². The first-order valence-electron chi connectivity index (χ1n) is 11.0. The molecular weight excluding hydrogens is 472 g/mol. The predicted octanol–water partition coefficient (Wildman–Crippen LogP) is 4.62. The van der Waals surface area contributed by atoms with Crippen molar-refractivity contribution in [3.05, 3.63) is 87.3 Å². The zero-order valence-corrected chi connectivity index (χ0v) is 20.5. The number of hydrogen-bond donors (Lipinski definition) is 1. The Labute approximate surface area is 207 Å². The minimum Gasteiger partial charge on any atom is -0.463 e. The fourth-order valence-electron chi connectivity index (χ4n) is 3.90. The monoisotopic (exact) mass is 496 g/mol. The van der Waals surface area contributed by atoms with Gasteiger partial charge in [-0.15, -0.1) is 0 Å². The number of carbonyl (C=O) groups excluding carboxylic acids is 2. The molecule has 0 saturated heterocycles. The second kappa shape index (κ2) is 10.9. The zero-order valence-electron chi connectivity index (χ0n) is 19.0. The maximum Gasteiger partial charge on any atom is 0.338 e. The van der Waals surface area contributed by atoms with Crippen LogP contribution in [0.1, 0.15) is 37.6 Å². The molecule has 7 nitrogen and oxygen atoms in total. The molecule has 2 aromatic rings. The first kappa shape index (κ1) is 24.0. The van der Waals surface area contributed by atoms with E-state index in [9.17, 15) is 9.59 Å². The molecular formula is C25H25ClN4O3S. The smallest absolute Gasteiger partial charge is 0.338 e. The Morgan fingerprint density at radius 1 is 1.21 bits per heavy atom. The van der Waals surface area contributed by atoms with Gasteiger partial charge in [-0.1, -0.05) is 41.6 Å². The average Bonchev–Trinajstić information content (AvgIpc) is 3.21. The van der Waals surface area contributed by atoms with Gasteiger partial charge in [-0.2, -0.15) is 0 Å². The average molecular weight is 497 g/mol. The van der Waals surface area contributed by atoms with E-state index in [1.165, 1.54) is 11.8 Å². The molecule has 34 heavy (non-hydrogen) atoms. The molecule has 0 aliphatic carbocycles. The number of allylic oxidation sites excluding steroid dienone is 1. The molecule has 1 N–H and O–H groups in total. The van der Waals surface area contributed by atoms with Gasteiger partial charge < -0.3 is 15.0 Å². The topological polar surface area (TPSA) is 83.9 Å². The number of hydrogen-bond acceptors (Lipinski definition) is 7. The van der Waals surface area contributed by atoms with Crippen molar-refractivity contribution in [3.63, 3.8) is 0 Å². The molecule has 1 aromatic heterocycles. The number of benzene rings is 1. The van der Waals surface area contributed by atoms with Gasteiger partial charge in [0.05, 0.1) is 30.3 Å². The van der Waals surface area contributed by atoms with Crippen LogP contribution in [-0.2, 0) is 20.7 Å². The number of ether oxygens (including phenoxy) is 1. The largest absolute Gasteiger partial charge is 0.463 e. The summed E-state index contributed by atoms with van der Waals surface area (Å²) in [6, 6.07) is 12.6. The molecule has 0 fully saturated rings. The summed E-state index contributed by atoms with van der Waals surface area (Å²) in [6.45, 7) is 4.33. The van der Waals surface area contributed by atoms with E-state index in [2.05, 4.69) is 15.3 Å². The molecule has 2 aliphatic rings. The number of pyridine rings is 1. The van der Waals surface area contributed by atoms with Crippen molar-refractivity contribution in [2.75, 3.05) is 13.2 Å². The Morgan fingerprint density at radius 2 is 2.00 bits per heavy atom. The number of nitrogens with zero attached hydrogens (tertiary/aromatic N) is 3. The van der Waals surface area contributed by atoms with E-state index in [4.69, 9.17) is 16.3 Å². The van der Waals surface area contributed by atoms with Crippen LogP contribution in [0, 0.1) is 0 Å². The van der Waals surface area contributed by atoms with Crippen molar-refractivity contribution in [1.82, 2.24) is 15.2 Å². The van der Waals surface area contributed by atoms with Crippen molar-refractivity contribution in [1.29, 1.82) is 0 Å². The lowest BCUT2D eigenvalue weighted by Crippen LogP contribution is -2.38. The molecule has 9 heteroatoms. The van der Waals surface area contributed by atoms with E-state index in [1.54, 1.807) is 25.3 Å². The Kier molecular flexibility index (Phi) is 7.70. The highest BCUT2D eigenvalue weighted by atomic mass is 35.5. The van der Waals surface area contributed by atoms with Crippen molar-refractivity contribution in [3.8, 4) is 0 Å². The third-order valence-corrected chi connectivity index (χ3v) is 6.59. The van der Waals surface area contributed by atoms with Gasteiger partial charge in [0.1, 0.15) is 0 Å². The van der Waals surface area contributed by atoms with Gasteiger partial charge in [0.25, 0.3) is 0 Å². The molecule has 176 valence electrons. The first-order chi connectivity index (χ1) is 16.5. The minimum absolute atomic E-state index is 0.108. The van der Waals surface area contributed by atoms with Crippen molar-refractivity contribution < 1.29 is 14.3 Å². The van der Waals surface area contributed by atoms with E-state index < -0.39 is 12.0 Å². The molecule has 1 atom stereocenters. The Bertz CT molecular complexity index is 1160. The summed E-state index contributed by atoms with van der Waals surface area (Å²) in [7, 11) is 0. The summed E-state index contributed by atoms with van der Waals surface area (Å²) in [5, 5.41) is 6.21. The molecule has 1 amide bonds. The normalized spacial score (nSPS) is 17.1. The lowest BCUT2D eigenvalue weighted by Gasteiger charge is -2.36. The van der Waals surface area contributed by atoms with E-state index in [-0.39, 0.29) is 18.9 Å². The van der Waals surface area contributed by atoms with Gasteiger partial charge in [0, 0.05) is 35.6 Å². The van der Waals surface area contributed by atoms with Crippen molar-refractivity contribution >= 4 is 40.4 Å². The van der Waals surface area contributed by atoms with Crippen LogP contribution in [0.25, 0.3) is 0 Å². The van der Waals surface area contributed by atoms with Gasteiger partial charge in [0.15, 0.2) is 5.17 Å². The number of thioether (sulfide) groups is 1. The highest BCUT2D eigenvalue weighted by molar-refractivity contribution is 8.16. The quantitative estimate of drug-likeness (QED) is 0.537. The highest BCUT2D eigenvalue weighted by Gasteiger charge is 2.41. The molecule has 4 rings (SSSR count). The van der Waals surface area contributed by atoms with E-state index >= 15 is 0 Å². The predicted molar refractivity (Wildman–Crippen MR) is 134 cm³/mol.